The second-order valence-electron chi connectivity index (χ2n) is 10.1. The van der Waals surface area contributed by atoms with Gasteiger partial charge >= 0.3 is 6.03 Å². The fourth-order valence-electron chi connectivity index (χ4n) is 7.39. The summed E-state index contributed by atoms with van der Waals surface area (Å²) in [4.78, 5) is 32.0. The molecule has 0 aromatic heterocycles. The lowest BCUT2D eigenvalue weighted by molar-refractivity contribution is -0.146. The third kappa shape index (κ3) is 3.15. The van der Waals surface area contributed by atoms with E-state index in [4.69, 9.17) is 0 Å². The highest BCUT2D eigenvalue weighted by Crippen LogP contribution is 2.55. The predicted molar refractivity (Wildman–Crippen MR) is 104 cm³/mol. The van der Waals surface area contributed by atoms with Crippen LogP contribution in [0.2, 0.25) is 0 Å². The first-order valence-electron chi connectivity index (χ1n) is 11.4. The Balaban J connectivity index is 1.18. The first-order chi connectivity index (χ1) is 13.1. The molecule has 4 aliphatic carbocycles. The third-order valence-electron chi connectivity index (χ3n) is 8.46. The summed E-state index contributed by atoms with van der Waals surface area (Å²) in [5.74, 6) is 3.90. The molecular weight excluding hydrogens is 338 g/mol. The molecule has 6 rings (SSSR count). The number of urea groups is 1. The van der Waals surface area contributed by atoms with Crippen LogP contribution in [0.1, 0.15) is 57.8 Å². The van der Waals surface area contributed by atoms with Gasteiger partial charge in [-0.25, -0.2) is 4.79 Å². The van der Waals surface area contributed by atoms with Gasteiger partial charge in [0.1, 0.15) is 0 Å². The fraction of sp³-hybridized carbons (Fsp3) is 0.909. The topological polar surface area (TPSA) is 43.9 Å². The van der Waals surface area contributed by atoms with Gasteiger partial charge in [0.05, 0.1) is 0 Å². The first-order valence-corrected chi connectivity index (χ1v) is 11.4. The van der Waals surface area contributed by atoms with Crippen molar-refractivity contribution in [1.29, 1.82) is 0 Å². The van der Waals surface area contributed by atoms with Crippen LogP contribution >= 0.6 is 0 Å². The van der Waals surface area contributed by atoms with Gasteiger partial charge in [-0.3, -0.25) is 4.79 Å². The van der Waals surface area contributed by atoms with Gasteiger partial charge in [0.25, 0.3) is 0 Å². The second-order valence-corrected chi connectivity index (χ2v) is 10.1. The summed E-state index contributed by atoms with van der Waals surface area (Å²) in [5.41, 5.74) is 0. The van der Waals surface area contributed by atoms with E-state index >= 15 is 0 Å². The largest absolute Gasteiger partial charge is 0.342 e. The normalized spacial score (nSPS) is 38.5. The van der Waals surface area contributed by atoms with E-state index in [-0.39, 0.29) is 11.9 Å². The number of piperidine rings is 1. The molecule has 4 saturated carbocycles. The van der Waals surface area contributed by atoms with E-state index in [1.54, 1.807) is 0 Å². The van der Waals surface area contributed by atoms with Crippen LogP contribution in [0.5, 0.6) is 0 Å². The summed E-state index contributed by atoms with van der Waals surface area (Å²) < 4.78 is 0. The predicted octanol–water partition coefficient (Wildman–Crippen LogP) is 3.20. The van der Waals surface area contributed by atoms with Crippen LogP contribution < -0.4 is 0 Å². The smallest absolute Gasteiger partial charge is 0.319 e. The maximum absolute atomic E-state index is 13.3. The molecule has 0 unspecified atom stereocenters. The SMILES string of the molecule is CN(C(=O)C1CCN(C(=O)N2CCCC2)CC1)C1C2CC3CC(C2)CC1C3. The lowest BCUT2D eigenvalue weighted by Gasteiger charge is -2.57. The monoisotopic (exact) mass is 373 g/mol. The van der Waals surface area contributed by atoms with Crippen molar-refractivity contribution in [2.45, 2.75) is 63.8 Å². The number of hydrogen-bond donors (Lipinski definition) is 0. The Labute approximate surface area is 163 Å². The molecule has 6 aliphatic rings. The number of hydrogen-bond acceptors (Lipinski definition) is 2. The molecule has 2 aliphatic heterocycles. The van der Waals surface area contributed by atoms with Crippen molar-refractivity contribution < 1.29 is 9.59 Å². The quantitative estimate of drug-likeness (QED) is 0.746. The Morgan fingerprint density at radius 1 is 0.778 bits per heavy atom. The van der Waals surface area contributed by atoms with Crippen LogP contribution in [0, 0.1) is 29.6 Å². The third-order valence-corrected chi connectivity index (χ3v) is 8.46. The van der Waals surface area contributed by atoms with Gasteiger partial charge in [-0.15, -0.1) is 0 Å². The van der Waals surface area contributed by atoms with E-state index in [0.29, 0.717) is 11.9 Å². The Hall–Kier alpha value is -1.26. The minimum absolute atomic E-state index is 0.120. The Bertz CT molecular complexity index is 564. The summed E-state index contributed by atoms with van der Waals surface area (Å²) in [6, 6.07) is 0.697. The average Bonchev–Trinajstić information content (AvgIpc) is 3.21. The molecule has 5 nitrogen and oxygen atoms in total. The fourth-order valence-corrected chi connectivity index (χ4v) is 7.39. The van der Waals surface area contributed by atoms with Crippen molar-refractivity contribution >= 4 is 11.9 Å². The van der Waals surface area contributed by atoms with Crippen LogP contribution in [0.15, 0.2) is 0 Å². The minimum atomic E-state index is 0.120. The molecule has 27 heavy (non-hydrogen) atoms. The zero-order valence-corrected chi connectivity index (χ0v) is 16.8. The Morgan fingerprint density at radius 3 is 1.85 bits per heavy atom. The van der Waals surface area contributed by atoms with E-state index in [1.807, 2.05) is 9.80 Å². The van der Waals surface area contributed by atoms with Crippen molar-refractivity contribution in [1.82, 2.24) is 14.7 Å². The summed E-state index contributed by atoms with van der Waals surface area (Å²) in [7, 11) is 2.08. The van der Waals surface area contributed by atoms with Crippen LogP contribution in [0.25, 0.3) is 0 Å². The number of likely N-dealkylation sites (tertiary alicyclic amines) is 2. The van der Waals surface area contributed by atoms with Crippen LogP contribution in [-0.2, 0) is 4.79 Å². The van der Waals surface area contributed by atoms with Crippen molar-refractivity contribution in [3.63, 3.8) is 0 Å². The standard InChI is InChI=1S/C22H35N3O2/c1-23(20-18-11-15-10-16(13-18)14-19(20)12-15)21(26)17-4-8-25(9-5-17)22(27)24-6-2-3-7-24/h15-20H,2-14H2,1H3. The Kier molecular flexibility index (Phi) is 4.60. The van der Waals surface area contributed by atoms with Gasteiger partial charge in [0, 0.05) is 45.2 Å². The molecule has 3 amide bonds. The van der Waals surface area contributed by atoms with Crippen LogP contribution in [-0.4, -0.2) is 65.9 Å². The van der Waals surface area contributed by atoms with Gasteiger partial charge in [0.15, 0.2) is 0 Å². The highest BCUT2D eigenvalue weighted by Gasteiger charge is 2.50. The van der Waals surface area contributed by atoms with Gasteiger partial charge in [-0.05, 0) is 81.5 Å². The Morgan fingerprint density at radius 2 is 1.30 bits per heavy atom. The number of rotatable bonds is 2. The summed E-state index contributed by atoms with van der Waals surface area (Å²) in [5, 5.41) is 0. The highest BCUT2D eigenvalue weighted by atomic mass is 16.2. The van der Waals surface area contributed by atoms with Crippen molar-refractivity contribution in [2.24, 2.45) is 29.6 Å². The summed E-state index contributed by atoms with van der Waals surface area (Å²) in [6.45, 7) is 3.32. The molecule has 0 aromatic rings. The summed E-state index contributed by atoms with van der Waals surface area (Å²) >= 11 is 0. The van der Waals surface area contributed by atoms with Crippen molar-refractivity contribution in [2.75, 3.05) is 33.2 Å². The molecule has 0 radical (unpaired) electrons. The van der Waals surface area contributed by atoms with Crippen molar-refractivity contribution in [3.8, 4) is 0 Å². The number of carbonyl (C=O) groups excluding carboxylic acids is 2. The zero-order valence-electron chi connectivity index (χ0n) is 16.8. The van der Waals surface area contributed by atoms with Crippen LogP contribution in [0.3, 0.4) is 0 Å². The lowest BCUT2D eigenvalue weighted by Crippen LogP contribution is -2.57. The molecule has 2 saturated heterocycles. The van der Waals surface area contributed by atoms with E-state index in [1.165, 1.54) is 32.1 Å². The van der Waals surface area contributed by atoms with E-state index in [9.17, 15) is 9.59 Å². The maximum atomic E-state index is 13.3. The first kappa shape index (κ1) is 17.8. The van der Waals surface area contributed by atoms with E-state index in [0.717, 1.165) is 75.5 Å². The summed E-state index contributed by atoms with van der Waals surface area (Å²) in [6.07, 6.45) is 10.9. The van der Waals surface area contributed by atoms with Gasteiger partial charge in [0.2, 0.25) is 5.91 Å². The van der Waals surface area contributed by atoms with Gasteiger partial charge in [-0.2, -0.15) is 0 Å². The molecule has 0 atom stereocenters. The van der Waals surface area contributed by atoms with Gasteiger partial charge < -0.3 is 14.7 Å². The molecule has 5 heteroatoms. The average molecular weight is 374 g/mol. The second kappa shape index (κ2) is 6.97. The van der Waals surface area contributed by atoms with Crippen molar-refractivity contribution in [3.05, 3.63) is 0 Å². The molecule has 0 spiro atoms. The molecule has 0 N–H and O–H groups in total. The number of amides is 3. The number of carbonyl (C=O) groups is 2. The lowest BCUT2D eigenvalue weighted by atomic mass is 9.54. The maximum Gasteiger partial charge on any atom is 0.319 e. The molecule has 2 heterocycles. The van der Waals surface area contributed by atoms with Gasteiger partial charge in [-0.1, -0.05) is 0 Å². The zero-order chi connectivity index (χ0) is 18.5. The van der Waals surface area contributed by atoms with E-state index in [2.05, 4.69) is 11.9 Å². The highest BCUT2D eigenvalue weighted by molar-refractivity contribution is 5.80. The molecule has 0 aromatic carbocycles. The van der Waals surface area contributed by atoms with E-state index < -0.39 is 0 Å². The molecular formula is C22H35N3O2. The number of nitrogens with zero attached hydrogens (tertiary/aromatic N) is 3. The van der Waals surface area contributed by atoms with Crippen LogP contribution in [0.4, 0.5) is 4.79 Å². The molecule has 6 fully saturated rings. The molecule has 150 valence electrons. The minimum Gasteiger partial charge on any atom is -0.342 e. The molecule has 4 bridgehead atoms.